The van der Waals surface area contributed by atoms with Crippen molar-refractivity contribution in [3.63, 3.8) is 0 Å². The highest BCUT2D eigenvalue weighted by molar-refractivity contribution is 7.92. The molecule has 0 atom stereocenters. The van der Waals surface area contributed by atoms with Crippen LogP contribution in [0.3, 0.4) is 0 Å². The summed E-state index contributed by atoms with van der Waals surface area (Å²) < 4.78 is 29.0. The molecule has 0 aliphatic heterocycles. The van der Waals surface area contributed by atoms with Crippen molar-refractivity contribution in [1.29, 1.82) is 5.26 Å². The average molecular weight is 483 g/mol. The van der Waals surface area contributed by atoms with Crippen molar-refractivity contribution in [1.82, 2.24) is 10.3 Å². The predicted molar refractivity (Wildman–Crippen MR) is 137 cm³/mol. The summed E-state index contributed by atoms with van der Waals surface area (Å²) in [6, 6.07) is 28.4. The molecule has 4 rings (SSSR count). The molecule has 4 aromatic rings. The van der Waals surface area contributed by atoms with E-state index in [1.165, 1.54) is 0 Å². The number of anilines is 2. The van der Waals surface area contributed by atoms with Crippen LogP contribution in [0.25, 0.3) is 11.1 Å². The number of pyridine rings is 1. The van der Waals surface area contributed by atoms with Crippen LogP contribution in [0.4, 0.5) is 11.4 Å². The number of nitrogens with one attached hydrogen (secondary N) is 3. The minimum atomic E-state index is -3.83. The highest BCUT2D eigenvalue weighted by atomic mass is 32.2. The number of benzene rings is 3. The van der Waals surface area contributed by atoms with Crippen LogP contribution in [-0.4, -0.2) is 19.4 Å². The van der Waals surface area contributed by atoms with E-state index in [0.717, 1.165) is 11.3 Å². The Bertz CT molecular complexity index is 1450. The van der Waals surface area contributed by atoms with Gasteiger partial charge in [0.2, 0.25) is 12.2 Å². The van der Waals surface area contributed by atoms with Gasteiger partial charge in [-0.05, 0) is 48.0 Å². The molecule has 8 nitrogen and oxygen atoms in total. The van der Waals surface area contributed by atoms with Crippen molar-refractivity contribution >= 4 is 27.4 Å². The second-order valence-corrected chi connectivity index (χ2v) is 9.06. The number of guanidine groups is 1. The molecule has 0 aliphatic rings. The lowest BCUT2D eigenvalue weighted by molar-refractivity contribution is 0.601. The van der Waals surface area contributed by atoms with Gasteiger partial charge in [0, 0.05) is 23.1 Å². The number of nitrogens with zero attached hydrogens (tertiary/aromatic N) is 3. The van der Waals surface area contributed by atoms with Crippen molar-refractivity contribution in [2.24, 2.45) is 4.99 Å². The maximum Gasteiger partial charge on any atom is 0.262 e. The Balaban J connectivity index is 1.46. The SMILES string of the molecule is N#C/N=C(\NCc1ccccn1)Nc1ccc(NS(=O)(=O)c2ccccc2-c2ccccc2)cc1. The largest absolute Gasteiger partial charge is 0.350 e. The minimum Gasteiger partial charge on any atom is -0.350 e. The normalized spacial score (nSPS) is 11.3. The summed E-state index contributed by atoms with van der Waals surface area (Å²) in [5.41, 5.74) is 3.25. The molecule has 3 N–H and O–H groups in total. The topological polar surface area (TPSA) is 119 Å². The molecule has 1 aromatic heterocycles. The molecule has 1 heterocycles. The van der Waals surface area contributed by atoms with Crippen LogP contribution in [-0.2, 0) is 16.6 Å². The molecule has 3 aromatic carbocycles. The zero-order valence-corrected chi connectivity index (χ0v) is 19.4. The summed E-state index contributed by atoms with van der Waals surface area (Å²) in [5.74, 6) is 0.253. The lowest BCUT2D eigenvalue weighted by atomic mass is 10.1. The van der Waals surface area contributed by atoms with E-state index in [4.69, 9.17) is 5.26 Å². The first-order chi connectivity index (χ1) is 17.0. The second-order valence-electron chi connectivity index (χ2n) is 7.41. The maximum absolute atomic E-state index is 13.2. The molecule has 0 amide bonds. The third-order valence-corrected chi connectivity index (χ3v) is 6.43. The molecule has 0 bridgehead atoms. The molecule has 0 saturated heterocycles. The van der Waals surface area contributed by atoms with Crippen molar-refractivity contribution in [2.45, 2.75) is 11.4 Å². The van der Waals surface area contributed by atoms with Gasteiger partial charge in [0.25, 0.3) is 10.0 Å². The summed E-state index contributed by atoms with van der Waals surface area (Å²) in [5, 5.41) is 15.0. The highest BCUT2D eigenvalue weighted by Gasteiger charge is 2.19. The van der Waals surface area contributed by atoms with E-state index < -0.39 is 10.0 Å². The first kappa shape index (κ1) is 23.5. The van der Waals surface area contributed by atoms with Crippen LogP contribution in [0.15, 0.2) is 113 Å². The van der Waals surface area contributed by atoms with E-state index >= 15 is 0 Å². The quantitative estimate of drug-likeness (QED) is 0.201. The zero-order chi connectivity index (χ0) is 24.5. The fourth-order valence-corrected chi connectivity index (χ4v) is 4.65. The monoisotopic (exact) mass is 482 g/mol. The van der Waals surface area contributed by atoms with Gasteiger partial charge in [-0.25, -0.2) is 8.42 Å². The number of hydrogen-bond acceptors (Lipinski definition) is 5. The van der Waals surface area contributed by atoms with Gasteiger partial charge in [0.15, 0.2) is 0 Å². The van der Waals surface area contributed by atoms with Crippen molar-refractivity contribution in [3.8, 4) is 17.3 Å². The number of rotatable bonds is 7. The summed E-state index contributed by atoms with van der Waals surface area (Å²) in [6.07, 6.45) is 3.44. The van der Waals surface area contributed by atoms with E-state index in [2.05, 4.69) is 25.3 Å². The van der Waals surface area contributed by atoms with Crippen LogP contribution in [0.2, 0.25) is 0 Å². The average Bonchev–Trinajstić information content (AvgIpc) is 2.89. The van der Waals surface area contributed by atoms with Crippen LogP contribution in [0, 0.1) is 11.5 Å². The molecule has 35 heavy (non-hydrogen) atoms. The van der Waals surface area contributed by atoms with Gasteiger partial charge in [0.1, 0.15) is 0 Å². The molecule has 0 radical (unpaired) electrons. The third-order valence-electron chi connectivity index (χ3n) is 4.99. The molecule has 174 valence electrons. The summed E-state index contributed by atoms with van der Waals surface area (Å²) in [7, 11) is -3.83. The molecule has 9 heteroatoms. The molecular weight excluding hydrogens is 460 g/mol. The van der Waals surface area contributed by atoms with Gasteiger partial charge in [-0.1, -0.05) is 54.6 Å². The van der Waals surface area contributed by atoms with Crippen molar-refractivity contribution in [3.05, 3.63) is 109 Å². The Morgan fingerprint density at radius 3 is 2.26 bits per heavy atom. The Morgan fingerprint density at radius 1 is 0.857 bits per heavy atom. The Kier molecular flexibility index (Phi) is 7.35. The van der Waals surface area contributed by atoms with Crippen molar-refractivity contribution in [2.75, 3.05) is 10.0 Å². The number of nitriles is 1. The van der Waals surface area contributed by atoms with Gasteiger partial charge in [0.05, 0.1) is 17.1 Å². The molecule has 0 fully saturated rings. The van der Waals surface area contributed by atoms with Gasteiger partial charge in [-0.15, -0.1) is 4.99 Å². The van der Waals surface area contributed by atoms with E-state index in [1.54, 1.807) is 54.9 Å². The summed E-state index contributed by atoms with van der Waals surface area (Å²) in [4.78, 5) is 8.17. The van der Waals surface area contributed by atoms with E-state index in [9.17, 15) is 8.42 Å². The van der Waals surface area contributed by atoms with Gasteiger partial charge >= 0.3 is 0 Å². The van der Waals surface area contributed by atoms with Crippen LogP contribution in [0.1, 0.15) is 5.69 Å². The standard InChI is InChI=1S/C26H22N6O2S/c27-19-30-26(29-18-23-10-6-7-17-28-23)31-21-13-15-22(16-14-21)32-35(33,34)25-12-5-4-11-24(25)20-8-2-1-3-9-20/h1-17,32H,18H2,(H2,29,30,31). The first-order valence-electron chi connectivity index (χ1n) is 10.7. The minimum absolute atomic E-state index is 0.190. The fourth-order valence-electron chi connectivity index (χ4n) is 3.36. The van der Waals surface area contributed by atoms with E-state index in [0.29, 0.717) is 23.5 Å². The van der Waals surface area contributed by atoms with E-state index in [-0.39, 0.29) is 10.9 Å². The molecule has 0 spiro atoms. The van der Waals surface area contributed by atoms with Gasteiger partial charge in [-0.3, -0.25) is 9.71 Å². The first-order valence-corrected chi connectivity index (χ1v) is 12.2. The summed E-state index contributed by atoms with van der Waals surface area (Å²) in [6.45, 7) is 0.382. The smallest absolute Gasteiger partial charge is 0.262 e. The predicted octanol–water partition coefficient (Wildman–Crippen LogP) is 4.59. The lowest BCUT2D eigenvalue weighted by Gasteiger charge is -2.14. The summed E-state index contributed by atoms with van der Waals surface area (Å²) >= 11 is 0. The molecule has 0 aliphatic carbocycles. The Morgan fingerprint density at radius 2 is 1.54 bits per heavy atom. The zero-order valence-electron chi connectivity index (χ0n) is 18.6. The van der Waals surface area contributed by atoms with Crippen LogP contribution < -0.4 is 15.4 Å². The molecule has 0 saturated carbocycles. The van der Waals surface area contributed by atoms with Crippen LogP contribution >= 0.6 is 0 Å². The molecule has 0 unspecified atom stereocenters. The maximum atomic E-state index is 13.2. The third kappa shape index (κ3) is 6.22. The Labute approximate surface area is 204 Å². The highest BCUT2D eigenvalue weighted by Crippen LogP contribution is 2.28. The van der Waals surface area contributed by atoms with Gasteiger partial charge in [-0.2, -0.15) is 5.26 Å². The van der Waals surface area contributed by atoms with Gasteiger partial charge < -0.3 is 10.6 Å². The second kappa shape index (κ2) is 11.0. The van der Waals surface area contributed by atoms with Crippen molar-refractivity contribution < 1.29 is 8.42 Å². The van der Waals surface area contributed by atoms with E-state index in [1.807, 2.05) is 54.6 Å². The molecular formula is C26H22N6O2S. The number of aliphatic imine (C=N–C) groups is 1. The fraction of sp³-hybridized carbons (Fsp3) is 0.0385. The number of hydrogen-bond donors (Lipinski definition) is 3. The van der Waals surface area contributed by atoms with Crippen LogP contribution in [0.5, 0.6) is 0 Å². The number of sulfonamides is 1. The Hall–Kier alpha value is -4.68. The lowest BCUT2D eigenvalue weighted by Crippen LogP contribution is -2.30. The number of aromatic nitrogens is 1.